The summed E-state index contributed by atoms with van der Waals surface area (Å²) in [4.78, 5) is 38.3. The van der Waals surface area contributed by atoms with Gasteiger partial charge in [-0.25, -0.2) is 0 Å². The van der Waals surface area contributed by atoms with Crippen molar-refractivity contribution < 1.29 is 28.6 Å². The second-order valence-electron chi connectivity index (χ2n) is 22.7. The highest BCUT2D eigenvalue weighted by Gasteiger charge is 2.19. The third-order valence-corrected chi connectivity index (χ3v) is 14.7. The molecule has 0 spiro atoms. The summed E-state index contributed by atoms with van der Waals surface area (Å²) in [6.45, 7) is 6.38. The molecule has 472 valence electrons. The summed E-state index contributed by atoms with van der Waals surface area (Å²) in [7, 11) is 0. The SMILES string of the molecule is CC/C=C\C/C=C\C/C=C\C/C=C\C/C=C\C/C=C\C/C=C\CCCC(=O)OC(COC(=O)CCCCCCCCCCCCC)COC(=O)CCCCCCCCCCCCCCCCCCCC/C=C\C/C=C\C/C=C\C/C=C\CC. The standard InChI is InChI=1S/C77H128O6/c1-4-7-10-13-16-19-22-24-26-28-30-32-34-35-36-37-38-39-40-41-43-44-46-48-50-52-55-58-61-64-67-70-76(79)82-73-74(72-81-75(78)69-66-63-60-57-54-21-18-15-12-9-6-3)83-77(80)71-68-65-62-59-56-53-51-49-47-45-42-33-31-29-27-25-23-20-17-14-11-8-5-2/h7-8,10-11,16-17,19-20,24-27,30-33,45,47,51,53,59,62,74H,4-6,9,12-15,18,21-23,28-29,34-44,46,48-50,52,54-58,60-61,63-73H2,1-3H3/b10-7-,11-8-,19-16-,20-17-,26-24-,27-25-,32-30-,33-31-,47-45-,53-51-,62-59-. The minimum Gasteiger partial charge on any atom is -0.462 e. The van der Waals surface area contributed by atoms with Crippen LogP contribution >= 0.6 is 0 Å². The summed E-state index contributed by atoms with van der Waals surface area (Å²) in [6.07, 6.45) is 99.2. The van der Waals surface area contributed by atoms with Crippen LogP contribution in [0.4, 0.5) is 0 Å². The van der Waals surface area contributed by atoms with Gasteiger partial charge in [0.15, 0.2) is 6.10 Å². The van der Waals surface area contributed by atoms with Crippen LogP contribution in [0.1, 0.15) is 316 Å². The number of hydrogen-bond acceptors (Lipinski definition) is 6. The first kappa shape index (κ1) is 78.5. The molecule has 0 amide bonds. The van der Waals surface area contributed by atoms with Crippen LogP contribution in [0.5, 0.6) is 0 Å². The Balaban J connectivity index is 4.27. The third-order valence-electron chi connectivity index (χ3n) is 14.7. The summed E-state index contributed by atoms with van der Waals surface area (Å²) in [5.41, 5.74) is 0. The molecule has 1 unspecified atom stereocenters. The van der Waals surface area contributed by atoms with E-state index in [1.165, 1.54) is 154 Å². The molecule has 0 radical (unpaired) electrons. The molecule has 0 bridgehead atoms. The van der Waals surface area contributed by atoms with Crippen molar-refractivity contribution in [1.82, 2.24) is 0 Å². The van der Waals surface area contributed by atoms with Gasteiger partial charge in [-0.05, 0) is 109 Å². The van der Waals surface area contributed by atoms with Crippen molar-refractivity contribution in [2.24, 2.45) is 0 Å². The van der Waals surface area contributed by atoms with Crippen molar-refractivity contribution in [3.63, 3.8) is 0 Å². The van der Waals surface area contributed by atoms with E-state index in [9.17, 15) is 14.4 Å². The Morgan fingerprint density at radius 3 is 0.771 bits per heavy atom. The molecular weight excluding hydrogens is 1020 g/mol. The lowest BCUT2D eigenvalue weighted by Gasteiger charge is -2.18. The predicted molar refractivity (Wildman–Crippen MR) is 362 cm³/mol. The highest BCUT2D eigenvalue weighted by atomic mass is 16.6. The fraction of sp³-hybridized carbons (Fsp3) is 0.675. The molecule has 0 aromatic heterocycles. The number of unbranched alkanes of at least 4 members (excludes halogenated alkanes) is 29. The largest absolute Gasteiger partial charge is 0.462 e. The van der Waals surface area contributed by atoms with Crippen molar-refractivity contribution in [3.05, 3.63) is 134 Å². The molecule has 0 aliphatic carbocycles. The smallest absolute Gasteiger partial charge is 0.306 e. The van der Waals surface area contributed by atoms with Gasteiger partial charge in [0.2, 0.25) is 0 Å². The van der Waals surface area contributed by atoms with Gasteiger partial charge in [-0.15, -0.1) is 0 Å². The lowest BCUT2D eigenvalue weighted by atomic mass is 10.0. The first-order valence-corrected chi connectivity index (χ1v) is 34.7. The van der Waals surface area contributed by atoms with E-state index in [0.717, 1.165) is 116 Å². The molecule has 0 saturated heterocycles. The average molecular weight is 1150 g/mol. The lowest BCUT2D eigenvalue weighted by molar-refractivity contribution is -0.167. The highest BCUT2D eigenvalue weighted by molar-refractivity contribution is 5.71. The van der Waals surface area contributed by atoms with E-state index >= 15 is 0 Å². The molecule has 0 rings (SSSR count). The fourth-order valence-electron chi connectivity index (χ4n) is 9.54. The van der Waals surface area contributed by atoms with Crippen molar-refractivity contribution >= 4 is 17.9 Å². The first-order chi connectivity index (χ1) is 41.0. The van der Waals surface area contributed by atoms with Gasteiger partial charge < -0.3 is 14.2 Å². The fourth-order valence-corrected chi connectivity index (χ4v) is 9.54. The lowest BCUT2D eigenvalue weighted by Crippen LogP contribution is -2.30. The summed E-state index contributed by atoms with van der Waals surface area (Å²) in [6, 6.07) is 0. The van der Waals surface area contributed by atoms with E-state index in [2.05, 4.69) is 154 Å². The van der Waals surface area contributed by atoms with Crippen molar-refractivity contribution in [1.29, 1.82) is 0 Å². The Hall–Kier alpha value is -4.45. The molecule has 0 aliphatic heterocycles. The summed E-state index contributed by atoms with van der Waals surface area (Å²) in [5, 5.41) is 0. The van der Waals surface area contributed by atoms with E-state index in [4.69, 9.17) is 14.2 Å². The van der Waals surface area contributed by atoms with Gasteiger partial charge >= 0.3 is 17.9 Å². The highest BCUT2D eigenvalue weighted by Crippen LogP contribution is 2.17. The van der Waals surface area contributed by atoms with E-state index in [1.54, 1.807) is 0 Å². The van der Waals surface area contributed by atoms with Gasteiger partial charge in [0.25, 0.3) is 0 Å². The normalized spacial score (nSPS) is 13.0. The van der Waals surface area contributed by atoms with Crippen molar-refractivity contribution in [2.45, 2.75) is 322 Å². The Bertz CT molecular complexity index is 1750. The topological polar surface area (TPSA) is 78.9 Å². The number of carbonyl (C=O) groups is 3. The van der Waals surface area contributed by atoms with Crippen LogP contribution in [0.15, 0.2) is 134 Å². The van der Waals surface area contributed by atoms with E-state index in [-0.39, 0.29) is 37.5 Å². The Morgan fingerprint density at radius 2 is 0.482 bits per heavy atom. The molecule has 6 nitrogen and oxygen atoms in total. The second-order valence-corrected chi connectivity index (χ2v) is 22.7. The Kier molecular flexibility index (Phi) is 66.3. The summed E-state index contributed by atoms with van der Waals surface area (Å²) in [5.74, 6) is -0.952. The van der Waals surface area contributed by atoms with Crippen molar-refractivity contribution in [3.8, 4) is 0 Å². The van der Waals surface area contributed by atoms with Crippen LogP contribution in [0.25, 0.3) is 0 Å². The van der Waals surface area contributed by atoms with E-state index < -0.39 is 6.10 Å². The van der Waals surface area contributed by atoms with Crippen LogP contribution in [-0.2, 0) is 28.6 Å². The number of hydrogen-bond donors (Lipinski definition) is 0. The van der Waals surface area contributed by atoms with Crippen LogP contribution in [0.3, 0.4) is 0 Å². The van der Waals surface area contributed by atoms with Crippen LogP contribution < -0.4 is 0 Å². The zero-order valence-electron chi connectivity index (χ0n) is 54.2. The van der Waals surface area contributed by atoms with Gasteiger partial charge in [-0.1, -0.05) is 321 Å². The number of rotatable bonds is 62. The maximum absolute atomic E-state index is 12.9. The average Bonchev–Trinajstić information content (AvgIpc) is 3.48. The molecule has 0 aliphatic rings. The number of esters is 3. The van der Waals surface area contributed by atoms with E-state index in [1.807, 2.05) is 0 Å². The summed E-state index contributed by atoms with van der Waals surface area (Å²) < 4.78 is 16.9. The molecule has 0 fully saturated rings. The van der Waals surface area contributed by atoms with Crippen LogP contribution in [-0.4, -0.2) is 37.2 Å². The molecule has 0 aromatic rings. The zero-order valence-corrected chi connectivity index (χ0v) is 54.2. The monoisotopic (exact) mass is 1150 g/mol. The molecule has 6 heteroatoms. The zero-order chi connectivity index (χ0) is 59.9. The number of allylic oxidation sites excluding steroid dienone is 22. The number of ether oxygens (including phenoxy) is 3. The first-order valence-electron chi connectivity index (χ1n) is 34.7. The van der Waals surface area contributed by atoms with Gasteiger partial charge in [0, 0.05) is 19.3 Å². The Morgan fingerprint density at radius 1 is 0.253 bits per heavy atom. The molecule has 1 atom stereocenters. The molecule has 0 aromatic carbocycles. The van der Waals surface area contributed by atoms with Gasteiger partial charge in [0.05, 0.1) is 0 Å². The second kappa shape index (κ2) is 70.0. The van der Waals surface area contributed by atoms with Crippen LogP contribution in [0, 0.1) is 0 Å². The molecule has 0 N–H and O–H groups in total. The maximum Gasteiger partial charge on any atom is 0.306 e. The Labute approximate surface area is 513 Å². The van der Waals surface area contributed by atoms with Crippen molar-refractivity contribution in [2.75, 3.05) is 13.2 Å². The third kappa shape index (κ3) is 68.2. The maximum atomic E-state index is 12.9. The minimum atomic E-state index is -0.810. The molecule has 0 saturated carbocycles. The predicted octanol–water partition coefficient (Wildman–Crippen LogP) is 24.1. The minimum absolute atomic E-state index is 0.100. The summed E-state index contributed by atoms with van der Waals surface area (Å²) >= 11 is 0. The van der Waals surface area contributed by atoms with E-state index in [0.29, 0.717) is 19.3 Å². The van der Waals surface area contributed by atoms with Gasteiger partial charge in [0.1, 0.15) is 13.2 Å². The van der Waals surface area contributed by atoms with Gasteiger partial charge in [-0.3, -0.25) is 14.4 Å². The van der Waals surface area contributed by atoms with Crippen LogP contribution in [0.2, 0.25) is 0 Å². The molecule has 0 heterocycles. The number of carbonyl (C=O) groups excluding carboxylic acids is 3. The quantitative estimate of drug-likeness (QED) is 0.0261. The molecule has 83 heavy (non-hydrogen) atoms. The van der Waals surface area contributed by atoms with Gasteiger partial charge in [-0.2, -0.15) is 0 Å². The molecular formula is C77H128O6.